The maximum atomic E-state index is 4.26. The van der Waals surface area contributed by atoms with Gasteiger partial charge in [-0.3, -0.25) is 0 Å². The second-order valence-corrected chi connectivity index (χ2v) is 5.35. The van der Waals surface area contributed by atoms with Gasteiger partial charge in [0.2, 0.25) is 0 Å². The first-order valence-electron chi connectivity index (χ1n) is 7.32. The van der Waals surface area contributed by atoms with Crippen molar-refractivity contribution < 1.29 is 0 Å². The number of hydrogen-bond acceptors (Lipinski definition) is 2. The van der Waals surface area contributed by atoms with Gasteiger partial charge in [0.15, 0.2) is 0 Å². The summed E-state index contributed by atoms with van der Waals surface area (Å²) in [6, 6.07) is 25.0. The number of fused-ring (bicyclic) bond motifs is 1. The normalized spacial score (nSPS) is 10.9. The van der Waals surface area contributed by atoms with Crippen LogP contribution in [0.2, 0.25) is 0 Å². The summed E-state index contributed by atoms with van der Waals surface area (Å²) in [5.41, 5.74) is 3.22. The van der Waals surface area contributed by atoms with Crippen molar-refractivity contribution >= 4 is 10.8 Å². The van der Waals surface area contributed by atoms with E-state index in [1.807, 2.05) is 41.2 Å². The SMILES string of the molecule is c1ccc(-c2cn(Cc3ccc4ccccc4c3)nn2)cc1. The summed E-state index contributed by atoms with van der Waals surface area (Å²) in [7, 11) is 0. The molecule has 0 aliphatic carbocycles. The van der Waals surface area contributed by atoms with Gasteiger partial charge in [-0.05, 0) is 22.4 Å². The molecule has 0 aliphatic heterocycles. The Hall–Kier alpha value is -2.94. The molecule has 0 radical (unpaired) electrons. The van der Waals surface area contributed by atoms with Crippen molar-refractivity contribution in [1.82, 2.24) is 15.0 Å². The Morgan fingerprint density at radius 3 is 2.41 bits per heavy atom. The van der Waals surface area contributed by atoms with Gasteiger partial charge >= 0.3 is 0 Å². The Morgan fingerprint density at radius 1 is 0.773 bits per heavy atom. The molecule has 1 heterocycles. The lowest BCUT2D eigenvalue weighted by atomic mass is 10.1. The quantitative estimate of drug-likeness (QED) is 0.566. The fourth-order valence-corrected chi connectivity index (χ4v) is 2.64. The topological polar surface area (TPSA) is 30.7 Å². The van der Waals surface area contributed by atoms with E-state index < -0.39 is 0 Å². The van der Waals surface area contributed by atoms with Gasteiger partial charge < -0.3 is 0 Å². The van der Waals surface area contributed by atoms with Crippen LogP contribution in [0.4, 0.5) is 0 Å². The molecule has 22 heavy (non-hydrogen) atoms. The van der Waals surface area contributed by atoms with Crippen LogP contribution in [0, 0.1) is 0 Å². The van der Waals surface area contributed by atoms with Gasteiger partial charge in [-0.1, -0.05) is 71.9 Å². The third kappa shape index (κ3) is 2.49. The Kier molecular flexibility index (Phi) is 3.16. The lowest BCUT2D eigenvalue weighted by molar-refractivity contribution is 0.650. The summed E-state index contributed by atoms with van der Waals surface area (Å²) in [6.45, 7) is 0.727. The molecule has 1 aromatic heterocycles. The van der Waals surface area contributed by atoms with Gasteiger partial charge in [0.25, 0.3) is 0 Å². The predicted molar refractivity (Wildman–Crippen MR) is 88.5 cm³/mol. The summed E-state index contributed by atoms with van der Waals surface area (Å²) >= 11 is 0. The highest BCUT2D eigenvalue weighted by molar-refractivity contribution is 5.82. The zero-order valence-corrected chi connectivity index (χ0v) is 12.1. The molecule has 0 amide bonds. The van der Waals surface area contributed by atoms with Crippen molar-refractivity contribution in [1.29, 1.82) is 0 Å². The van der Waals surface area contributed by atoms with E-state index in [1.54, 1.807) is 0 Å². The van der Waals surface area contributed by atoms with Crippen LogP contribution in [-0.4, -0.2) is 15.0 Å². The first-order chi connectivity index (χ1) is 10.9. The zero-order valence-electron chi connectivity index (χ0n) is 12.1. The van der Waals surface area contributed by atoms with E-state index in [0.29, 0.717) is 0 Å². The minimum atomic E-state index is 0.727. The van der Waals surface area contributed by atoms with Crippen LogP contribution in [0.1, 0.15) is 5.56 Å². The lowest BCUT2D eigenvalue weighted by Crippen LogP contribution is -2.00. The van der Waals surface area contributed by atoms with Gasteiger partial charge in [0.1, 0.15) is 5.69 Å². The molecule has 3 nitrogen and oxygen atoms in total. The Balaban J connectivity index is 1.61. The van der Waals surface area contributed by atoms with Crippen LogP contribution in [-0.2, 0) is 6.54 Å². The first kappa shape index (κ1) is 12.8. The first-order valence-corrected chi connectivity index (χ1v) is 7.32. The van der Waals surface area contributed by atoms with E-state index in [9.17, 15) is 0 Å². The fourth-order valence-electron chi connectivity index (χ4n) is 2.64. The van der Waals surface area contributed by atoms with Gasteiger partial charge in [0.05, 0.1) is 12.7 Å². The fraction of sp³-hybridized carbons (Fsp3) is 0.0526. The van der Waals surface area contributed by atoms with Crippen molar-refractivity contribution in [2.24, 2.45) is 0 Å². The van der Waals surface area contributed by atoms with Crippen molar-refractivity contribution in [3.8, 4) is 11.3 Å². The maximum absolute atomic E-state index is 4.26. The lowest BCUT2D eigenvalue weighted by Gasteiger charge is -2.03. The molecule has 0 N–H and O–H groups in total. The minimum Gasteiger partial charge on any atom is -0.247 e. The molecule has 3 aromatic carbocycles. The third-order valence-electron chi connectivity index (χ3n) is 3.77. The molecule has 106 valence electrons. The molecular weight excluding hydrogens is 270 g/mol. The molecular formula is C19H15N3. The van der Waals surface area contributed by atoms with Gasteiger partial charge in [0, 0.05) is 5.56 Å². The summed E-state index contributed by atoms with van der Waals surface area (Å²) < 4.78 is 1.88. The molecule has 0 aliphatic rings. The van der Waals surface area contributed by atoms with Gasteiger partial charge in [-0.25, -0.2) is 4.68 Å². The van der Waals surface area contributed by atoms with Crippen LogP contribution < -0.4 is 0 Å². The van der Waals surface area contributed by atoms with Crippen molar-refractivity contribution in [3.63, 3.8) is 0 Å². The van der Waals surface area contributed by atoms with E-state index in [-0.39, 0.29) is 0 Å². The summed E-state index contributed by atoms with van der Waals surface area (Å²) in [5.74, 6) is 0. The number of rotatable bonds is 3. The highest BCUT2D eigenvalue weighted by atomic mass is 15.4. The van der Waals surface area contributed by atoms with E-state index in [4.69, 9.17) is 0 Å². The summed E-state index contributed by atoms with van der Waals surface area (Å²) in [6.07, 6.45) is 1.99. The van der Waals surface area contributed by atoms with E-state index in [2.05, 4.69) is 52.8 Å². The van der Waals surface area contributed by atoms with E-state index in [0.717, 1.165) is 17.8 Å². The number of hydrogen-bond donors (Lipinski definition) is 0. The maximum Gasteiger partial charge on any atom is 0.113 e. The molecule has 0 spiro atoms. The standard InChI is InChI=1S/C19H15N3/c1-2-7-17(8-3-1)19-14-22(21-20-19)13-15-10-11-16-6-4-5-9-18(16)12-15/h1-12,14H,13H2. The molecule has 0 unspecified atom stereocenters. The largest absolute Gasteiger partial charge is 0.247 e. The second-order valence-electron chi connectivity index (χ2n) is 5.35. The number of nitrogens with zero attached hydrogens (tertiary/aromatic N) is 3. The van der Waals surface area contributed by atoms with Crippen LogP contribution in [0.3, 0.4) is 0 Å². The number of benzene rings is 3. The van der Waals surface area contributed by atoms with Gasteiger partial charge in [-0.2, -0.15) is 0 Å². The van der Waals surface area contributed by atoms with Gasteiger partial charge in [-0.15, -0.1) is 5.10 Å². The number of aromatic nitrogens is 3. The molecule has 4 aromatic rings. The van der Waals surface area contributed by atoms with Crippen molar-refractivity contribution in [3.05, 3.63) is 84.6 Å². The summed E-state index contributed by atoms with van der Waals surface area (Å²) in [5, 5.41) is 11.0. The average Bonchev–Trinajstić information content (AvgIpc) is 3.04. The van der Waals surface area contributed by atoms with Crippen LogP contribution in [0.25, 0.3) is 22.0 Å². The molecule has 0 saturated carbocycles. The van der Waals surface area contributed by atoms with Crippen molar-refractivity contribution in [2.75, 3.05) is 0 Å². The van der Waals surface area contributed by atoms with Crippen molar-refractivity contribution in [2.45, 2.75) is 6.54 Å². The van der Waals surface area contributed by atoms with E-state index >= 15 is 0 Å². The second kappa shape index (κ2) is 5.45. The zero-order chi connectivity index (χ0) is 14.8. The Morgan fingerprint density at radius 2 is 1.55 bits per heavy atom. The summed E-state index contributed by atoms with van der Waals surface area (Å²) in [4.78, 5) is 0. The highest BCUT2D eigenvalue weighted by Crippen LogP contribution is 2.18. The molecule has 0 fully saturated rings. The van der Waals surface area contributed by atoms with E-state index in [1.165, 1.54) is 16.3 Å². The van der Waals surface area contributed by atoms with Crippen LogP contribution >= 0.6 is 0 Å². The molecule has 3 heteroatoms. The third-order valence-corrected chi connectivity index (χ3v) is 3.77. The molecule has 0 saturated heterocycles. The molecule has 0 atom stereocenters. The monoisotopic (exact) mass is 285 g/mol. The Labute approximate surface area is 128 Å². The molecule has 4 rings (SSSR count). The minimum absolute atomic E-state index is 0.727. The van der Waals surface area contributed by atoms with Crippen LogP contribution in [0.5, 0.6) is 0 Å². The smallest absolute Gasteiger partial charge is 0.113 e. The Bertz CT molecular complexity index is 910. The average molecular weight is 285 g/mol. The van der Waals surface area contributed by atoms with Crippen LogP contribution in [0.15, 0.2) is 79.0 Å². The molecule has 0 bridgehead atoms. The highest BCUT2D eigenvalue weighted by Gasteiger charge is 2.04. The predicted octanol–water partition coefficient (Wildman–Crippen LogP) is 4.15.